The average Bonchev–Trinajstić information content (AvgIpc) is 2.34. The molecule has 0 aliphatic rings. The Morgan fingerprint density at radius 1 is 1.17 bits per heavy atom. The summed E-state index contributed by atoms with van der Waals surface area (Å²) in [7, 11) is 0. The molecule has 0 bridgehead atoms. The van der Waals surface area contributed by atoms with Crippen molar-refractivity contribution in [2.24, 2.45) is 5.73 Å². The number of rotatable bonds is 3. The number of hydrogen-bond donors (Lipinski definition) is 1. The number of hydrogen-bond acceptors (Lipinski definition) is 3. The first-order chi connectivity index (χ1) is 8.65. The van der Waals surface area contributed by atoms with Gasteiger partial charge in [0, 0.05) is 12.3 Å². The molecule has 1 heterocycles. The van der Waals surface area contributed by atoms with Crippen LogP contribution in [0.15, 0.2) is 53.5 Å². The van der Waals surface area contributed by atoms with Crippen molar-refractivity contribution in [3.05, 3.63) is 64.6 Å². The normalized spacial score (nSPS) is 10.0. The van der Waals surface area contributed by atoms with E-state index in [1.165, 1.54) is 6.07 Å². The molecule has 92 valence electrons. The summed E-state index contributed by atoms with van der Waals surface area (Å²) in [6.45, 7) is 0.469. The van der Waals surface area contributed by atoms with Gasteiger partial charge in [-0.1, -0.05) is 18.2 Å². The fourth-order valence-electron chi connectivity index (χ4n) is 1.57. The summed E-state index contributed by atoms with van der Waals surface area (Å²) in [5, 5.41) is 0. The Hall–Kier alpha value is -2.56. The molecule has 0 aliphatic carbocycles. The van der Waals surface area contributed by atoms with Gasteiger partial charge in [-0.3, -0.25) is 4.79 Å². The molecule has 1 aromatic heterocycles. The van der Waals surface area contributed by atoms with E-state index in [-0.39, 0.29) is 5.56 Å². The minimum Gasteiger partial charge on any atom is -0.411 e. The minimum atomic E-state index is -0.845. The Bertz CT molecular complexity index is 602. The molecular formula is C13H12N2O3. The summed E-state index contributed by atoms with van der Waals surface area (Å²) >= 11 is 0. The fraction of sp³-hybridized carbons (Fsp3) is 0.0769. The number of aromatic nitrogens is 1. The van der Waals surface area contributed by atoms with Crippen molar-refractivity contribution in [1.29, 1.82) is 0 Å². The van der Waals surface area contributed by atoms with Gasteiger partial charge in [0.2, 0.25) is 0 Å². The Morgan fingerprint density at radius 2 is 1.89 bits per heavy atom. The Kier molecular flexibility index (Phi) is 3.43. The number of nitrogens with two attached hydrogens (primary N) is 1. The molecule has 0 atom stereocenters. The number of ether oxygens (including phenoxy) is 1. The molecule has 0 spiro atoms. The second-order valence-corrected chi connectivity index (χ2v) is 3.73. The average molecular weight is 244 g/mol. The van der Waals surface area contributed by atoms with Gasteiger partial charge in [-0.25, -0.2) is 4.79 Å². The summed E-state index contributed by atoms with van der Waals surface area (Å²) in [5.41, 5.74) is 5.77. The molecule has 0 unspecified atom stereocenters. The first-order valence-electron chi connectivity index (χ1n) is 5.37. The van der Waals surface area contributed by atoms with E-state index in [0.717, 1.165) is 5.56 Å². The zero-order valence-electron chi connectivity index (χ0n) is 9.58. The quantitative estimate of drug-likeness (QED) is 0.885. The third kappa shape index (κ3) is 2.98. The number of primary amides is 1. The van der Waals surface area contributed by atoms with Crippen LogP contribution in [0, 0.1) is 0 Å². The molecule has 0 radical (unpaired) electrons. The third-order valence-electron chi connectivity index (χ3n) is 2.39. The SMILES string of the molecule is NC(=O)Oc1ccc(Cn2ccccc2=O)cc1. The van der Waals surface area contributed by atoms with Crippen LogP contribution in [-0.2, 0) is 6.54 Å². The van der Waals surface area contributed by atoms with Crippen LogP contribution >= 0.6 is 0 Å². The molecule has 5 heteroatoms. The number of nitrogens with zero attached hydrogens (tertiary/aromatic N) is 1. The van der Waals surface area contributed by atoms with Crippen LogP contribution in [0.2, 0.25) is 0 Å². The molecular weight excluding hydrogens is 232 g/mol. The lowest BCUT2D eigenvalue weighted by molar-refractivity contribution is 0.211. The van der Waals surface area contributed by atoms with Gasteiger partial charge in [0.15, 0.2) is 0 Å². The van der Waals surface area contributed by atoms with E-state index in [0.29, 0.717) is 12.3 Å². The first-order valence-corrected chi connectivity index (χ1v) is 5.37. The molecule has 0 saturated carbocycles. The standard InChI is InChI=1S/C13H12N2O3/c14-13(17)18-11-6-4-10(5-7-11)9-15-8-2-1-3-12(15)16/h1-8H,9H2,(H2,14,17). The first kappa shape index (κ1) is 11.9. The van der Waals surface area contributed by atoms with Crippen LogP contribution in [0.25, 0.3) is 0 Å². The van der Waals surface area contributed by atoms with Gasteiger partial charge in [-0.2, -0.15) is 0 Å². The summed E-state index contributed by atoms with van der Waals surface area (Å²) in [6.07, 6.45) is 0.873. The monoisotopic (exact) mass is 244 g/mol. The van der Waals surface area contributed by atoms with Crippen LogP contribution in [-0.4, -0.2) is 10.7 Å². The molecule has 2 N–H and O–H groups in total. The van der Waals surface area contributed by atoms with Crippen LogP contribution in [0.1, 0.15) is 5.56 Å². The maximum Gasteiger partial charge on any atom is 0.409 e. The summed E-state index contributed by atoms with van der Waals surface area (Å²) in [5.74, 6) is 0.381. The van der Waals surface area contributed by atoms with Crippen LogP contribution in [0.4, 0.5) is 4.79 Å². The van der Waals surface area contributed by atoms with Gasteiger partial charge in [0.1, 0.15) is 5.75 Å². The smallest absolute Gasteiger partial charge is 0.409 e. The summed E-state index contributed by atoms with van der Waals surface area (Å²) in [4.78, 5) is 22.1. The predicted molar refractivity (Wildman–Crippen MR) is 66.5 cm³/mol. The van der Waals surface area contributed by atoms with Gasteiger partial charge in [0.25, 0.3) is 5.56 Å². The number of carbonyl (C=O) groups is 1. The largest absolute Gasteiger partial charge is 0.411 e. The highest BCUT2D eigenvalue weighted by Gasteiger charge is 2.00. The highest BCUT2D eigenvalue weighted by Crippen LogP contribution is 2.12. The van der Waals surface area contributed by atoms with Crippen molar-refractivity contribution < 1.29 is 9.53 Å². The molecule has 2 aromatic rings. The van der Waals surface area contributed by atoms with E-state index in [1.807, 2.05) is 0 Å². The van der Waals surface area contributed by atoms with Crippen molar-refractivity contribution in [3.63, 3.8) is 0 Å². The van der Waals surface area contributed by atoms with E-state index in [1.54, 1.807) is 47.2 Å². The number of pyridine rings is 1. The lowest BCUT2D eigenvalue weighted by Gasteiger charge is -2.06. The molecule has 5 nitrogen and oxygen atoms in total. The highest BCUT2D eigenvalue weighted by molar-refractivity contribution is 5.67. The Labute approximate surface area is 103 Å². The Balaban J connectivity index is 2.14. The van der Waals surface area contributed by atoms with Crippen molar-refractivity contribution in [2.75, 3.05) is 0 Å². The van der Waals surface area contributed by atoms with Crippen molar-refractivity contribution >= 4 is 6.09 Å². The van der Waals surface area contributed by atoms with Gasteiger partial charge in [-0.15, -0.1) is 0 Å². The molecule has 1 aromatic carbocycles. The number of benzene rings is 1. The third-order valence-corrected chi connectivity index (χ3v) is 2.39. The maximum absolute atomic E-state index is 11.5. The highest BCUT2D eigenvalue weighted by atomic mass is 16.5. The van der Waals surface area contributed by atoms with Crippen LogP contribution in [0.5, 0.6) is 5.75 Å². The van der Waals surface area contributed by atoms with E-state index >= 15 is 0 Å². The Morgan fingerprint density at radius 3 is 2.50 bits per heavy atom. The molecule has 18 heavy (non-hydrogen) atoms. The van der Waals surface area contributed by atoms with Crippen molar-refractivity contribution in [1.82, 2.24) is 4.57 Å². The zero-order valence-corrected chi connectivity index (χ0v) is 9.58. The van der Waals surface area contributed by atoms with Gasteiger partial charge in [-0.05, 0) is 23.8 Å². The van der Waals surface area contributed by atoms with E-state index in [9.17, 15) is 9.59 Å². The van der Waals surface area contributed by atoms with Gasteiger partial charge >= 0.3 is 6.09 Å². The molecule has 2 rings (SSSR count). The molecule has 0 aliphatic heterocycles. The zero-order chi connectivity index (χ0) is 13.0. The summed E-state index contributed by atoms with van der Waals surface area (Å²) in [6, 6.07) is 11.8. The lowest BCUT2D eigenvalue weighted by Crippen LogP contribution is -2.18. The molecule has 1 amide bonds. The summed E-state index contributed by atoms with van der Waals surface area (Å²) < 4.78 is 6.30. The van der Waals surface area contributed by atoms with Crippen LogP contribution < -0.4 is 16.0 Å². The van der Waals surface area contributed by atoms with Gasteiger partial charge < -0.3 is 15.0 Å². The second-order valence-electron chi connectivity index (χ2n) is 3.73. The predicted octanol–water partition coefficient (Wildman–Crippen LogP) is 1.35. The van der Waals surface area contributed by atoms with Crippen molar-refractivity contribution in [2.45, 2.75) is 6.54 Å². The van der Waals surface area contributed by atoms with E-state index < -0.39 is 6.09 Å². The number of amides is 1. The van der Waals surface area contributed by atoms with Crippen molar-refractivity contribution in [3.8, 4) is 5.75 Å². The molecule has 0 saturated heterocycles. The van der Waals surface area contributed by atoms with E-state index in [4.69, 9.17) is 10.5 Å². The number of carbonyl (C=O) groups excluding carboxylic acids is 1. The van der Waals surface area contributed by atoms with Gasteiger partial charge in [0.05, 0.1) is 6.54 Å². The molecule has 0 fully saturated rings. The maximum atomic E-state index is 11.5. The van der Waals surface area contributed by atoms with E-state index in [2.05, 4.69) is 0 Å². The second kappa shape index (κ2) is 5.18. The fourth-order valence-corrected chi connectivity index (χ4v) is 1.57. The van der Waals surface area contributed by atoms with Crippen LogP contribution in [0.3, 0.4) is 0 Å². The minimum absolute atomic E-state index is 0.0602. The topological polar surface area (TPSA) is 74.3 Å². The lowest BCUT2D eigenvalue weighted by atomic mass is 10.2.